The van der Waals surface area contributed by atoms with Crippen LogP contribution in [0.1, 0.15) is 27.2 Å². The number of ether oxygens (including phenoxy) is 1. The maximum Gasteiger partial charge on any atom is 0.260 e. The van der Waals surface area contributed by atoms with Crippen LogP contribution in [0, 0.1) is 5.41 Å². The Morgan fingerprint density at radius 3 is 2.43 bits per heavy atom. The molecule has 0 aromatic heterocycles. The Labute approximate surface area is 135 Å². The van der Waals surface area contributed by atoms with Crippen molar-refractivity contribution in [3.63, 3.8) is 0 Å². The van der Waals surface area contributed by atoms with Crippen molar-refractivity contribution in [2.24, 2.45) is 5.41 Å². The first-order valence-electron chi connectivity index (χ1n) is 6.75. The number of carbonyl (C=O) groups excluding carboxylic acids is 1. The Balaban J connectivity index is 2.55. The molecule has 0 aliphatic heterocycles. The normalized spacial score (nSPS) is 12.9. The first kappa shape index (κ1) is 18.1. The molecule has 0 fully saturated rings. The largest absolute Gasteiger partial charge is 0.481 e. The van der Waals surface area contributed by atoms with Gasteiger partial charge in [-0.25, -0.2) is 0 Å². The zero-order chi connectivity index (χ0) is 16.0. The highest BCUT2D eigenvalue weighted by atomic mass is 35.5. The summed E-state index contributed by atoms with van der Waals surface area (Å²) >= 11 is 11.8. The number of hydrogen-bond donors (Lipinski definition) is 2. The molecular formula is C15H21Cl2NO3. The summed E-state index contributed by atoms with van der Waals surface area (Å²) in [6.07, 6.45) is -0.0451. The Bertz CT molecular complexity index is 472. The maximum atomic E-state index is 12.0. The SMILES string of the molecule is CC(Oc1cc(Cl)cc(Cl)c1)C(=O)NCC(C)(C)CCO. The van der Waals surface area contributed by atoms with Crippen LogP contribution >= 0.6 is 23.2 Å². The highest BCUT2D eigenvalue weighted by Gasteiger charge is 2.21. The van der Waals surface area contributed by atoms with Crippen LogP contribution in [0.2, 0.25) is 10.0 Å². The van der Waals surface area contributed by atoms with Crippen LogP contribution in [0.5, 0.6) is 5.75 Å². The Morgan fingerprint density at radius 1 is 1.33 bits per heavy atom. The van der Waals surface area contributed by atoms with Gasteiger partial charge in [0.15, 0.2) is 6.10 Å². The minimum Gasteiger partial charge on any atom is -0.481 e. The van der Waals surface area contributed by atoms with Crippen LogP contribution < -0.4 is 10.1 Å². The van der Waals surface area contributed by atoms with Gasteiger partial charge >= 0.3 is 0 Å². The molecule has 21 heavy (non-hydrogen) atoms. The molecule has 1 amide bonds. The summed E-state index contributed by atoms with van der Waals surface area (Å²) in [6.45, 7) is 6.17. The molecule has 0 aliphatic carbocycles. The fraction of sp³-hybridized carbons (Fsp3) is 0.533. The molecule has 1 aromatic carbocycles. The van der Waals surface area contributed by atoms with Gasteiger partial charge in [0.1, 0.15) is 5.75 Å². The molecule has 0 saturated heterocycles. The lowest BCUT2D eigenvalue weighted by Crippen LogP contribution is -2.41. The zero-order valence-electron chi connectivity index (χ0n) is 12.5. The van der Waals surface area contributed by atoms with E-state index in [9.17, 15) is 4.79 Å². The van der Waals surface area contributed by atoms with Crippen molar-refractivity contribution < 1.29 is 14.6 Å². The van der Waals surface area contributed by atoms with Gasteiger partial charge in [0.25, 0.3) is 5.91 Å². The van der Waals surface area contributed by atoms with Crippen molar-refractivity contribution in [3.05, 3.63) is 28.2 Å². The van der Waals surface area contributed by atoms with Gasteiger partial charge in [0, 0.05) is 23.2 Å². The van der Waals surface area contributed by atoms with E-state index < -0.39 is 6.10 Å². The molecule has 0 spiro atoms. The lowest BCUT2D eigenvalue weighted by molar-refractivity contribution is -0.127. The average Bonchev–Trinajstić information content (AvgIpc) is 2.34. The van der Waals surface area contributed by atoms with Crippen molar-refractivity contribution in [3.8, 4) is 5.75 Å². The molecule has 1 unspecified atom stereocenters. The smallest absolute Gasteiger partial charge is 0.260 e. The number of halogens is 2. The molecule has 0 radical (unpaired) electrons. The Hall–Kier alpha value is -0.970. The van der Waals surface area contributed by atoms with E-state index in [2.05, 4.69) is 5.32 Å². The lowest BCUT2D eigenvalue weighted by Gasteiger charge is -2.25. The van der Waals surface area contributed by atoms with Gasteiger partial charge in [-0.1, -0.05) is 37.0 Å². The van der Waals surface area contributed by atoms with Gasteiger partial charge < -0.3 is 15.2 Å². The predicted octanol–water partition coefficient (Wildman–Crippen LogP) is 3.29. The van der Waals surface area contributed by atoms with Gasteiger partial charge in [-0.2, -0.15) is 0 Å². The third-order valence-corrected chi connectivity index (χ3v) is 3.48. The van der Waals surface area contributed by atoms with Gasteiger partial charge in [-0.15, -0.1) is 0 Å². The zero-order valence-corrected chi connectivity index (χ0v) is 14.0. The van der Waals surface area contributed by atoms with Crippen LogP contribution in [0.4, 0.5) is 0 Å². The molecule has 1 rings (SSSR count). The molecule has 0 saturated carbocycles. The summed E-state index contributed by atoms with van der Waals surface area (Å²) in [5.74, 6) is 0.224. The fourth-order valence-corrected chi connectivity index (χ4v) is 2.22. The number of amides is 1. The summed E-state index contributed by atoms with van der Waals surface area (Å²) in [6, 6.07) is 4.80. The second-order valence-corrected chi connectivity index (χ2v) is 6.59. The average molecular weight is 334 g/mol. The van der Waals surface area contributed by atoms with E-state index in [1.54, 1.807) is 25.1 Å². The quantitative estimate of drug-likeness (QED) is 0.804. The number of nitrogens with one attached hydrogen (secondary N) is 1. The molecule has 0 heterocycles. The molecule has 118 valence electrons. The van der Waals surface area contributed by atoms with Crippen molar-refractivity contribution in [1.29, 1.82) is 0 Å². The third-order valence-electron chi connectivity index (χ3n) is 3.05. The molecule has 1 atom stereocenters. The molecular weight excluding hydrogens is 313 g/mol. The third kappa shape index (κ3) is 6.55. The van der Waals surface area contributed by atoms with Crippen molar-refractivity contribution >= 4 is 29.1 Å². The van der Waals surface area contributed by atoms with E-state index in [0.717, 1.165) is 0 Å². The monoisotopic (exact) mass is 333 g/mol. The van der Waals surface area contributed by atoms with E-state index in [1.165, 1.54) is 0 Å². The Kier molecular flexibility index (Phi) is 6.78. The number of carbonyl (C=O) groups is 1. The van der Waals surface area contributed by atoms with Crippen LogP contribution in [-0.4, -0.2) is 30.3 Å². The number of aliphatic hydroxyl groups is 1. The second kappa shape index (κ2) is 7.87. The molecule has 0 aliphatic rings. The van der Waals surface area contributed by atoms with Crippen LogP contribution in [0.3, 0.4) is 0 Å². The van der Waals surface area contributed by atoms with Crippen molar-refractivity contribution in [2.45, 2.75) is 33.3 Å². The molecule has 1 aromatic rings. The van der Waals surface area contributed by atoms with Gasteiger partial charge in [-0.3, -0.25) is 4.79 Å². The Morgan fingerprint density at radius 2 is 1.90 bits per heavy atom. The first-order chi connectivity index (χ1) is 9.73. The summed E-state index contributed by atoms with van der Waals surface area (Å²) < 4.78 is 5.53. The molecule has 2 N–H and O–H groups in total. The molecule has 4 nitrogen and oxygen atoms in total. The standard InChI is InChI=1S/C15H21Cl2NO3/c1-10(14(20)18-9-15(2,3)4-5-19)21-13-7-11(16)6-12(17)8-13/h6-8,10,19H,4-5,9H2,1-3H3,(H,18,20). The van der Waals surface area contributed by atoms with E-state index in [-0.39, 0.29) is 17.9 Å². The summed E-state index contributed by atoms with van der Waals surface area (Å²) in [7, 11) is 0. The number of hydrogen-bond acceptors (Lipinski definition) is 3. The van der Waals surface area contributed by atoms with Crippen molar-refractivity contribution in [2.75, 3.05) is 13.2 Å². The maximum absolute atomic E-state index is 12.0. The number of aliphatic hydroxyl groups excluding tert-OH is 1. The lowest BCUT2D eigenvalue weighted by atomic mass is 9.90. The number of benzene rings is 1. The minimum absolute atomic E-state index is 0.0932. The highest BCUT2D eigenvalue weighted by Crippen LogP contribution is 2.25. The number of rotatable bonds is 7. The molecule has 6 heteroatoms. The van der Waals surface area contributed by atoms with Gasteiger partial charge in [0.05, 0.1) is 0 Å². The van der Waals surface area contributed by atoms with Gasteiger partial charge in [0.2, 0.25) is 0 Å². The van der Waals surface area contributed by atoms with Gasteiger partial charge in [-0.05, 0) is 37.0 Å². The summed E-state index contributed by atoms with van der Waals surface area (Å²) in [5, 5.41) is 12.7. The fourth-order valence-electron chi connectivity index (χ4n) is 1.72. The van der Waals surface area contributed by atoms with Crippen LogP contribution in [0.25, 0.3) is 0 Å². The van der Waals surface area contributed by atoms with E-state index in [1.807, 2.05) is 13.8 Å². The topological polar surface area (TPSA) is 58.6 Å². The van der Waals surface area contributed by atoms with Crippen LogP contribution in [-0.2, 0) is 4.79 Å². The summed E-state index contributed by atoms with van der Waals surface area (Å²) in [5.41, 5.74) is -0.163. The van der Waals surface area contributed by atoms with E-state index in [0.29, 0.717) is 28.8 Å². The van der Waals surface area contributed by atoms with Crippen molar-refractivity contribution in [1.82, 2.24) is 5.32 Å². The predicted molar refractivity (Wildman–Crippen MR) is 85.0 cm³/mol. The summed E-state index contributed by atoms with van der Waals surface area (Å²) in [4.78, 5) is 12.0. The minimum atomic E-state index is -0.663. The van der Waals surface area contributed by atoms with E-state index in [4.69, 9.17) is 33.0 Å². The van der Waals surface area contributed by atoms with E-state index >= 15 is 0 Å². The first-order valence-corrected chi connectivity index (χ1v) is 7.50. The van der Waals surface area contributed by atoms with Crippen LogP contribution in [0.15, 0.2) is 18.2 Å². The molecule has 0 bridgehead atoms. The highest BCUT2D eigenvalue weighted by molar-refractivity contribution is 6.34. The second-order valence-electron chi connectivity index (χ2n) is 5.72.